The quantitative estimate of drug-likeness (QED) is 0.164. The van der Waals surface area contributed by atoms with Gasteiger partial charge in [-0.05, 0) is 53.4 Å². The summed E-state index contributed by atoms with van der Waals surface area (Å²) in [5.41, 5.74) is 11.5. The highest BCUT2D eigenvalue weighted by Gasteiger charge is 2.27. The summed E-state index contributed by atoms with van der Waals surface area (Å²) in [5, 5.41) is 1.55. The predicted molar refractivity (Wildman–Crippen MR) is 131 cm³/mol. The molecule has 0 amide bonds. The molecule has 0 fully saturated rings. The van der Waals surface area contributed by atoms with Gasteiger partial charge in [0.05, 0.1) is 12.0 Å². The maximum absolute atomic E-state index is 13.1. The largest absolute Gasteiger partial charge is 0.497 e. The van der Waals surface area contributed by atoms with Gasteiger partial charge >= 0.3 is 5.97 Å². The Morgan fingerprint density at radius 1 is 1.03 bits per heavy atom. The number of rotatable bonds is 11. The molecule has 180 valence electrons. The number of sulfonamides is 1. The zero-order valence-electron chi connectivity index (χ0n) is 18.8. The number of carbonyl (C=O) groups excluding carboxylic acids is 1. The van der Waals surface area contributed by atoms with Crippen molar-refractivity contribution in [2.24, 2.45) is 16.5 Å². The molecule has 0 aliphatic carbocycles. The third-order valence-electron chi connectivity index (χ3n) is 5.08. The maximum Gasteiger partial charge on any atom is 0.324 e. The lowest BCUT2D eigenvalue weighted by atomic mass is 10.1. The number of nitrogens with two attached hydrogens (primary N) is 2. The molecule has 3 aromatic rings. The highest BCUT2D eigenvalue weighted by Crippen LogP contribution is 2.24. The van der Waals surface area contributed by atoms with Gasteiger partial charge in [-0.3, -0.25) is 9.79 Å². The van der Waals surface area contributed by atoms with Crippen molar-refractivity contribution in [1.82, 2.24) is 4.72 Å². The number of hydrogen-bond acceptors (Lipinski definition) is 6. The number of carbonyl (C=O) groups is 1. The number of aliphatic imine (C=N–C) groups is 1. The van der Waals surface area contributed by atoms with Crippen LogP contribution in [-0.4, -0.2) is 40.0 Å². The van der Waals surface area contributed by atoms with Crippen LogP contribution in [0.15, 0.2) is 76.6 Å². The number of ether oxygens (including phenoxy) is 2. The average molecular weight is 485 g/mol. The van der Waals surface area contributed by atoms with Crippen molar-refractivity contribution < 1.29 is 22.7 Å². The molecule has 3 rings (SSSR count). The van der Waals surface area contributed by atoms with E-state index in [0.29, 0.717) is 17.6 Å². The lowest BCUT2D eigenvalue weighted by molar-refractivity contribution is -0.147. The van der Waals surface area contributed by atoms with Gasteiger partial charge in [-0.2, -0.15) is 4.72 Å². The lowest BCUT2D eigenvalue weighted by Gasteiger charge is -2.18. The number of methoxy groups -OCH3 is 1. The summed E-state index contributed by atoms with van der Waals surface area (Å²) in [7, 11) is -2.49. The van der Waals surface area contributed by atoms with Gasteiger partial charge in [0.15, 0.2) is 5.96 Å². The third-order valence-corrected chi connectivity index (χ3v) is 6.55. The summed E-state index contributed by atoms with van der Waals surface area (Å²) in [4.78, 5) is 16.7. The van der Waals surface area contributed by atoms with Gasteiger partial charge < -0.3 is 20.9 Å². The second-order valence-electron chi connectivity index (χ2n) is 7.59. The van der Waals surface area contributed by atoms with E-state index in [-0.39, 0.29) is 30.4 Å². The Labute approximate surface area is 198 Å². The SMILES string of the molecule is COc1ccc2ccc(S(=O)(=O)N[C@@H](CCCN=C(N)N)C(=O)OCc3ccccc3)cc2c1. The van der Waals surface area contributed by atoms with Crippen LogP contribution >= 0.6 is 0 Å². The Morgan fingerprint density at radius 2 is 1.76 bits per heavy atom. The van der Waals surface area contributed by atoms with Crippen LogP contribution < -0.4 is 20.9 Å². The second kappa shape index (κ2) is 11.5. The van der Waals surface area contributed by atoms with Crippen LogP contribution in [0.4, 0.5) is 0 Å². The molecule has 0 saturated carbocycles. The van der Waals surface area contributed by atoms with Gasteiger partial charge in [-0.1, -0.05) is 42.5 Å². The van der Waals surface area contributed by atoms with Gasteiger partial charge in [0.25, 0.3) is 0 Å². The van der Waals surface area contributed by atoms with Gasteiger partial charge in [-0.25, -0.2) is 8.42 Å². The summed E-state index contributed by atoms with van der Waals surface area (Å²) in [6.45, 7) is 0.282. The minimum absolute atomic E-state index is 0.0262. The summed E-state index contributed by atoms with van der Waals surface area (Å²) in [6, 6.07) is 18.1. The second-order valence-corrected chi connectivity index (χ2v) is 9.30. The normalized spacial score (nSPS) is 12.1. The minimum Gasteiger partial charge on any atom is -0.497 e. The number of nitrogens with zero attached hydrogens (tertiary/aromatic N) is 1. The Balaban J connectivity index is 1.79. The van der Waals surface area contributed by atoms with E-state index in [9.17, 15) is 13.2 Å². The molecule has 0 spiro atoms. The fourth-order valence-electron chi connectivity index (χ4n) is 3.31. The van der Waals surface area contributed by atoms with Crippen LogP contribution in [0.3, 0.4) is 0 Å². The Kier molecular flexibility index (Phi) is 8.44. The van der Waals surface area contributed by atoms with E-state index in [1.54, 1.807) is 18.2 Å². The van der Waals surface area contributed by atoms with Crippen molar-refractivity contribution in [2.45, 2.75) is 30.4 Å². The number of esters is 1. The van der Waals surface area contributed by atoms with E-state index < -0.39 is 22.0 Å². The Morgan fingerprint density at radius 3 is 2.47 bits per heavy atom. The molecular formula is C24H28N4O5S. The van der Waals surface area contributed by atoms with E-state index >= 15 is 0 Å². The van der Waals surface area contributed by atoms with E-state index in [0.717, 1.165) is 10.9 Å². The minimum atomic E-state index is -4.03. The van der Waals surface area contributed by atoms with Crippen LogP contribution in [0.1, 0.15) is 18.4 Å². The first-order chi connectivity index (χ1) is 16.3. The molecule has 10 heteroatoms. The summed E-state index contributed by atoms with van der Waals surface area (Å²) >= 11 is 0. The summed E-state index contributed by atoms with van der Waals surface area (Å²) in [6.07, 6.45) is 0.533. The van der Waals surface area contributed by atoms with Crippen LogP contribution in [-0.2, 0) is 26.2 Å². The van der Waals surface area contributed by atoms with Crippen LogP contribution in [0, 0.1) is 0 Å². The predicted octanol–water partition coefficient (Wildman–Crippen LogP) is 2.29. The highest BCUT2D eigenvalue weighted by atomic mass is 32.2. The summed E-state index contributed by atoms with van der Waals surface area (Å²) in [5.74, 6) is -0.146. The van der Waals surface area contributed by atoms with Gasteiger partial charge in [0.1, 0.15) is 18.4 Å². The fourth-order valence-corrected chi connectivity index (χ4v) is 4.56. The Hall–Kier alpha value is -3.63. The van der Waals surface area contributed by atoms with Crippen molar-refractivity contribution in [3.05, 3.63) is 72.3 Å². The smallest absolute Gasteiger partial charge is 0.324 e. The molecule has 1 atom stereocenters. The first-order valence-corrected chi connectivity index (χ1v) is 12.1. The zero-order chi connectivity index (χ0) is 24.6. The number of fused-ring (bicyclic) bond motifs is 1. The molecule has 0 heterocycles. The molecule has 0 aliphatic heterocycles. The van der Waals surface area contributed by atoms with Crippen molar-refractivity contribution in [1.29, 1.82) is 0 Å². The molecule has 0 radical (unpaired) electrons. The van der Waals surface area contributed by atoms with Gasteiger partial charge in [-0.15, -0.1) is 0 Å². The summed E-state index contributed by atoms with van der Waals surface area (Å²) < 4.78 is 39.4. The number of benzene rings is 3. The van der Waals surface area contributed by atoms with Crippen LogP contribution in [0.2, 0.25) is 0 Å². The first-order valence-electron chi connectivity index (χ1n) is 10.6. The molecule has 0 aliphatic rings. The van der Waals surface area contributed by atoms with Crippen molar-refractivity contribution in [2.75, 3.05) is 13.7 Å². The van der Waals surface area contributed by atoms with E-state index in [4.69, 9.17) is 20.9 Å². The average Bonchev–Trinajstić information content (AvgIpc) is 2.84. The monoisotopic (exact) mass is 484 g/mol. The molecule has 0 aromatic heterocycles. The van der Waals surface area contributed by atoms with Crippen molar-refractivity contribution in [3.8, 4) is 5.75 Å². The standard InChI is InChI=1S/C24H28N4O5S/c1-32-20-11-9-18-10-12-21(15-19(18)14-20)34(30,31)28-22(8-5-13-27-24(25)26)23(29)33-16-17-6-3-2-4-7-17/h2-4,6-7,9-12,14-15,22,28H,5,8,13,16H2,1H3,(H4,25,26,27)/t22-/m0/s1. The molecule has 0 unspecified atom stereocenters. The van der Waals surface area contributed by atoms with Crippen LogP contribution in [0.25, 0.3) is 10.8 Å². The molecule has 3 aromatic carbocycles. The molecule has 34 heavy (non-hydrogen) atoms. The van der Waals surface area contributed by atoms with Crippen LogP contribution in [0.5, 0.6) is 5.75 Å². The number of hydrogen-bond donors (Lipinski definition) is 3. The maximum atomic E-state index is 13.1. The topological polar surface area (TPSA) is 146 Å². The molecule has 9 nitrogen and oxygen atoms in total. The molecule has 0 bridgehead atoms. The first kappa shape index (κ1) is 25.0. The lowest BCUT2D eigenvalue weighted by Crippen LogP contribution is -2.41. The number of guanidine groups is 1. The van der Waals surface area contributed by atoms with Gasteiger partial charge in [0.2, 0.25) is 10.0 Å². The molecule has 0 saturated heterocycles. The highest BCUT2D eigenvalue weighted by molar-refractivity contribution is 7.89. The van der Waals surface area contributed by atoms with E-state index in [2.05, 4.69) is 9.71 Å². The number of nitrogens with one attached hydrogen (secondary N) is 1. The fraction of sp³-hybridized carbons (Fsp3) is 0.250. The van der Waals surface area contributed by atoms with Crippen molar-refractivity contribution in [3.63, 3.8) is 0 Å². The Bertz CT molecular complexity index is 1260. The third kappa shape index (κ3) is 6.93. The zero-order valence-corrected chi connectivity index (χ0v) is 19.6. The molecule has 5 N–H and O–H groups in total. The molecular weight excluding hydrogens is 456 g/mol. The van der Waals surface area contributed by atoms with Crippen molar-refractivity contribution >= 4 is 32.7 Å². The van der Waals surface area contributed by atoms with Gasteiger partial charge in [0, 0.05) is 6.54 Å². The van der Waals surface area contributed by atoms with E-state index in [1.165, 1.54) is 19.2 Å². The van der Waals surface area contributed by atoms with E-state index in [1.807, 2.05) is 36.4 Å².